The van der Waals surface area contributed by atoms with Gasteiger partial charge in [-0.2, -0.15) is 0 Å². The lowest BCUT2D eigenvalue weighted by Crippen LogP contribution is -2.00. The van der Waals surface area contributed by atoms with Gasteiger partial charge in [0.2, 0.25) is 0 Å². The molecule has 100 valence electrons. The van der Waals surface area contributed by atoms with Gasteiger partial charge in [0.1, 0.15) is 18.0 Å². The van der Waals surface area contributed by atoms with E-state index in [0.29, 0.717) is 4.47 Å². The van der Waals surface area contributed by atoms with Crippen LogP contribution in [0.5, 0.6) is 0 Å². The average Bonchev–Trinajstić information content (AvgIpc) is 2.87. The molecule has 0 atom stereocenters. The third kappa shape index (κ3) is 2.22. The van der Waals surface area contributed by atoms with Crippen LogP contribution in [-0.4, -0.2) is 14.8 Å². The Balaban J connectivity index is 2.21. The highest BCUT2D eigenvalue weighted by atomic mass is 79.9. The second kappa shape index (κ2) is 5.13. The molecule has 1 heterocycles. The minimum absolute atomic E-state index is 0.124. The molecular formula is C14H8BrF2N3. The van der Waals surface area contributed by atoms with Gasteiger partial charge < -0.3 is 0 Å². The second-order valence-electron chi connectivity index (χ2n) is 4.10. The van der Waals surface area contributed by atoms with Crippen LogP contribution < -0.4 is 0 Å². The Labute approximate surface area is 122 Å². The number of aromatic nitrogens is 3. The molecule has 0 aliphatic heterocycles. The summed E-state index contributed by atoms with van der Waals surface area (Å²) in [7, 11) is 0. The summed E-state index contributed by atoms with van der Waals surface area (Å²) >= 11 is 3.05. The Morgan fingerprint density at radius 1 is 1.00 bits per heavy atom. The minimum Gasteiger partial charge on any atom is -0.281 e. The van der Waals surface area contributed by atoms with Gasteiger partial charge in [-0.05, 0) is 24.3 Å². The van der Waals surface area contributed by atoms with Crippen LogP contribution in [0.25, 0.3) is 17.1 Å². The van der Waals surface area contributed by atoms with E-state index in [2.05, 4.69) is 26.1 Å². The predicted molar refractivity (Wildman–Crippen MR) is 74.4 cm³/mol. The highest BCUT2D eigenvalue weighted by Gasteiger charge is 2.18. The molecule has 0 amide bonds. The van der Waals surface area contributed by atoms with Gasteiger partial charge in [-0.15, -0.1) is 10.2 Å². The number of benzene rings is 2. The first kappa shape index (κ1) is 12.9. The number of nitrogens with zero attached hydrogens (tertiary/aromatic N) is 3. The smallest absolute Gasteiger partial charge is 0.174 e. The van der Waals surface area contributed by atoms with Crippen molar-refractivity contribution in [2.45, 2.75) is 0 Å². The van der Waals surface area contributed by atoms with E-state index in [4.69, 9.17) is 0 Å². The molecule has 1 aromatic heterocycles. The Morgan fingerprint density at radius 2 is 1.65 bits per heavy atom. The summed E-state index contributed by atoms with van der Waals surface area (Å²) < 4.78 is 29.9. The summed E-state index contributed by atoms with van der Waals surface area (Å²) in [4.78, 5) is 0. The lowest BCUT2D eigenvalue weighted by molar-refractivity contribution is 0.585. The van der Waals surface area contributed by atoms with Crippen LogP contribution in [-0.2, 0) is 0 Å². The van der Waals surface area contributed by atoms with Gasteiger partial charge in [-0.1, -0.05) is 34.1 Å². The lowest BCUT2D eigenvalue weighted by atomic mass is 10.2. The van der Waals surface area contributed by atoms with E-state index in [1.165, 1.54) is 23.0 Å². The first-order valence-electron chi connectivity index (χ1n) is 5.77. The number of hydrogen-bond donors (Lipinski definition) is 0. The molecule has 0 aliphatic carbocycles. The topological polar surface area (TPSA) is 30.7 Å². The fraction of sp³-hybridized carbons (Fsp3) is 0. The van der Waals surface area contributed by atoms with Crippen molar-refractivity contribution >= 4 is 15.9 Å². The zero-order chi connectivity index (χ0) is 14.1. The highest BCUT2D eigenvalue weighted by molar-refractivity contribution is 9.10. The normalized spacial score (nSPS) is 10.8. The van der Waals surface area contributed by atoms with Gasteiger partial charge in [0.15, 0.2) is 5.82 Å². The van der Waals surface area contributed by atoms with Crippen LogP contribution in [0.1, 0.15) is 0 Å². The summed E-state index contributed by atoms with van der Waals surface area (Å²) in [5.41, 5.74) is 0.531. The maximum Gasteiger partial charge on any atom is 0.174 e. The van der Waals surface area contributed by atoms with Crippen molar-refractivity contribution in [3.8, 4) is 17.1 Å². The molecule has 20 heavy (non-hydrogen) atoms. The van der Waals surface area contributed by atoms with E-state index in [9.17, 15) is 8.78 Å². The van der Waals surface area contributed by atoms with Gasteiger partial charge in [0.05, 0.1) is 5.56 Å². The molecule has 6 heteroatoms. The van der Waals surface area contributed by atoms with Crippen LogP contribution in [0.2, 0.25) is 0 Å². The molecule has 0 radical (unpaired) electrons. The molecule has 0 saturated carbocycles. The van der Waals surface area contributed by atoms with E-state index < -0.39 is 11.6 Å². The fourth-order valence-corrected chi connectivity index (χ4v) is 2.34. The zero-order valence-corrected chi connectivity index (χ0v) is 11.7. The Hall–Kier alpha value is -2.08. The molecule has 0 saturated heterocycles. The van der Waals surface area contributed by atoms with Crippen molar-refractivity contribution in [1.29, 1.82) is 0 Å². The van der Waals surface area contributed by atoms with E-state index in [-0.39, 0.29) is 11.4 Å². The SMILES string of the molecule is Fc1cc(Br)cc(F)c1-c1nncn1-c1ccccc1. The number of rotatable bonds is 2. The first-order chi connectivity index (χ1) is 9.66. The van der Waals surface area contributed by atoms with Gasteiger partial charge in [0, 0.05) is 10.2 Å². The molecule has 3 nitrogen and oxygen atoms in total. The molecule has 0 bridgehead atoms. The largest absolute Gasteiger partial charge is 0.281 e. The van der Waals surface area contributed by atoms with Gasteiger partial charge >= 0.3 is 0 Å². The minimum atomic E-state index is -0.693. The van der Waals surface area contributed by atoms with Crippen molar-refractivity contribution in [2.24, 2.45) is 0 Å². The standard InChI is InChI=1S/C14H8BrF2N3/c15-9-6-11(16)13(12(17)7-9)14-19-18-8-20(14)10-4-2-1-3-5-10/h1-8H. The second-order valence-corrected chi connectivity index (χ2v) is 5.02. The molecular weight excluding hydrogens is 328 g/mol. The maximum absolute atomic E-state index is 14.0. The third-order valence-corrected chi connectivity index (χ3v) is 3.27. The maximum atomic E-state index is 14.0. The quantitative estimate of drug-likeness (QED) is 0.709. The summed E-state index contributed by atoms with van der Waals surface area (Å²) in [6.07, 6.45) is 1.42. The Bertz CT molecular complexity index is 733. The van der Waals surface area contributed by atoms with Gasteiger partial charge in [-0.25, -0.2) is 8.78 Å². The van der Waals surface area contributed by atoms with Crippen LogP contribution in [0.3, 0.4) is 0 Å². The fourth-order valence-electron chi connectivity index (χ4n) is 1.94. The average molecular weight is 336 g/mol. The van der Waals surface area contributed by atoms with Gasteiger partial charge in [-0.3, -0.25) is 4.57 Å². The molecule has 0 fully saturated rings. The summed E-state index contributed by atoms with van der Waals surface area (Å²) in [5, 5.41) is 7.58. The van der Waals surface area contributed by atoms with Crippen molar-refractivity contribution < 1.29 is 8.78 Å². The van der Waals surface area contributed by atoms with Crippen molar-refractivity contribution in [1.82, 2.24) is 14.8 Å². The zero-order valence-electron chi connectivity index (χ0n) is 10.1. The van der Waals surface area contributed by atoms with Crippen molar-refractivity contribution in [3.63, 3.8) is 0 Å². The van der Waals surface area contributed by atoms with Crippen LogP contribution in [0, 0.1) is 11.6 Å². The van der Waals surface area contributed by atoms with E-state index >= 15 is 0 Å². The Morgan fingerprint density at radius 3 is 2.30 bits per heavy atom. The van der Waals surface area contributed by atoms with E-state index in [1.54, 1.807) is 0 Å². The molecule has 3 aromatic rings. The summed E-state index contributed by atoms with van der Waals surface area (Å²) in [6, 6.07) is 11.5. The Kier molecular flexibility index (Phi) is 3.31. The van der Waals surface area contributed by atoms with E-state index in [0.717, 1.165) is 5.69 Å². The number of halogens is 3. The lowest BCUT2D eigenvalue weighted by Gasteiger charge is -2.08. The summed E-state index contributed by atoms with van der Waals surface area (Å²) in [5.74, 6) is -1.26. The summed E-state index contributed by atoms with van der Waals surface area (Å²) in [6.45, 7) is 0. The molecule has 0 spiro atoms. The van der Waals surface area contributed by atoms with E-state index in [1.807, 2.05) is 30.3 Å². The first-order valence-corrected chi connectivity index (χ1v) is 6.56. The highest BCUT2D eigenvalue weighted by Crippen LogP contribution is 2.28. The van der Waals surface area contributed by atoms with Crippen LogP contribution in [0.15, 0.2) is 53.3 Å². The number of para-hydroxylation sites is 1. The van der Waals surface area contributed by atoms with Crippen LogP contribution >= 0.6 is 15.9 Å². The van der Waals surface area contributed by atoms with Crippen LogP contribution in [0.4, 0.5) is 8.78 Å². The molecule has 2 aromatic carbocycles. The van der Waals surface area contributed by atoms with Crippen molar-refractivity contribution in [2.75, 3.05) is 0 Å². The third-order valence-electron chi connectivity index (χ3n) is 2.81. The molecule has 0 unspecified atom stereocenters. The monoisotopic (exact) mass is 335 g/mol. The van der Waals surface area contributed by atoms with Crippen molar-refractivity contribution in [3.05, 3.63) is 64.9 Å². The molecule has 0 N–H and O–H groups in total. The van der Waals surface area contributed by atoms with Gasteiger partial charge in [0.25, 0.3) is 0 Å². The molecule has 3 rings (SSSR count). The predicted octanol–water partition coefficient (Wildman–Crippen LogP) is 3.98. The molecule has 0 aliphatic rings. The number of hydrogen-bond acceptors (Lipinski definition) is 2.